The van der Waals surface area contributed by atoms with Gasteiger partial charge in [-0.3, -0.25) is 10.1 Å². The summed E-state index contributed by atoms with van der Waals surface area (Å²) in [7, 11) is 0. The highest BCUT2D eigenvalue weighted by molar-refractivity contribution is 5.20. The largest absolute Gasteiger partial charge is 0.381 e. The molecule has 0 spiro atoms. The van der Waals surface area contributed by atoms with E-state index < -0.39 is 22.4 Å². The molecule has 1 aromatic carbocycles. The van der Waals surface area contributed by atoms with Crippen molar-refractivity contribution in [1.82, 2.24) is 0 Å². The molecule has 4 nitrogen and oxygen atoms in total. The van der Waals surface area contributed by atoms with Gasteiger partial charge in [-0.05, 0) is 17.7 Å². The molecule has 0 fully saturated rings. The van der Waals surface area contributed by atoms with Crippen molar-refractivity contribution in [1.29, 1.82) is 0 Å². The van der Waals surface area contributed by atoms with Crippen molar-refractivity contribution < 1.29 is 14.4 Å². The summed E-state index contributed by atoms with van der Waals surface area (Å²) in [5, 5.41) is 20.4. The second-order valence-corrected chi connectivity index (χ2v) is 3.86. The molecule has 1 unspecified atom stereocenters. The average Bonchev–Trinajstić information content (AvgIpc) is 2.17. The van der Waals surface area contributed by atoms with Crippen LogP contribution >= 0.6 is 0 Å². The van der Waals surface area contributed by atoms with Crippen LogP contribution in [0.2, 0.25) is 0 Å². The van der Waals surface area contributed by atoms with Crippen LogP contribution in [0, 0.1) is 15.9 Å². The summed E-state index contributed by atoms with van der Waals surface area (Å²) in [6.07, 6.45) is -1.26. The Balaban J connectivity index is 2.99. The normalized spacial score (nSPS) is 13.6. The fraction of sp³-hybridized carbons (Fsp3) is 0.400. The molecule has 1 atom stereocenters. The van der Waals surface area contributed by atoms with E-state index >= 15 is 0 Å². The van der Waals surface area contributed by atoms with Crippen molar-refractivity contribution in [2.24, 2.45) is 0 Å². The van der Waals surface area contributed by atoms with Crippen molar-refractivity contribution in [3.63, 3.8) is 0 Å². The van der Waals surface area contributed by atoms with E-state index in [1.165, 1.54) is 26.0 Å². The van der Waals surface area contributed by atoms with Crippen LogP contribution in [0.3, 0.4) is 0 Å². The molecule has 0 aliphatic rings. The quantitative estimate of drug-likeness (QED) is 0.616. The summed E-state index contributed by atoms with van der Waals surface area (Å²) < 4.78 is 12.6. The van der Waals surface area contributed by atoms with Gasteiger partial charge in [-0.25, -0.2) is 4.39 Å². The maximum absolute atomic E-state index is 12.6. The van der Waals surface area contributed by atoms with Crippen LogP contribution in [0.1, 0.15) is 25.5 Å². The smallest absolute Gasteiger partial charge is 0.246 e. The topological polar surface area (TPSA) is 63.4 Å². The minimum absolute atomic E-state index is 0.332. The van der Waals surface area contributed by atoms with E-state index in [2.05, 4.69) is 0 Å². The van der Waals surface area contributed by atoms with E-state index in [4.69, 9.17) is 0 Å². The summed E-state index contributed by atoms with van der Waals surface area (Å²) in [4.78, 5) is 10.1. The number of halogens is 1. The third-order valence-electron chi connectivity index (χ3n) is 2.33. The molecular weight excluding hydrogens is 201 g/mol. The summed E-state index contributed by atoms with van der Waals surface area (Å²) in [5.41, 5.74) is -1.16. The van der Waals surface area contributed by atoms with Gasteiger partial charge in [0.2, 0.25) is 5.54 Å². The van der Waals surface area contributed by atoms with Gasteiger partial charge in [0, 0.05) is 18.8 Å². The number of hydrogen-bond donors (Lipinski definition) is 1. The molecule has 0 radical (unpaired) electrons. The number of hydrogen-bond acceptors (Lipinski definition) is 3. The van der Waals surface area contributed by atoms with Gasteiger partial charge in [0.05, 0.1) is 0 Å². The Hall–Kier alpha value is -1.49. The Bertz CT molecular complexity index is 361. The third kappa shape index (κ3) is 2.30. The van der Waals surface area contributed by atoms with E-state index in [0.717, 1.165) is 12.1 Å². The van der Waals surface area contributed by atoms with Gasteiger partial charge in [0.1, 0.15) is 11.9 Å². The maximum atomic E-state index is 12.6. The number of nitrogens with zero attached hydrogens (tertiary/aromatic N) is 1. The molecule has 0 amide bonds. The minimum Gasteiger partial charge on any atom is -0.381 e. The zero-order chi connectivity index (χ0) is 11.6. The molecule has 0 aliphatic heterocycles. The van der Waals surface area contributed by atoms with Crippen LogP contribution in [-0.2, 0) is 0 Å². The molecule has 0 bridgehead atoms. The second kappa shape index (κ2) is 3.94. The summed E-state index contributed by atoms with van der Waals surface area (Å²) in [5.74, 6) is -0.440. The lowest BCUT2D eigenvalue weighted by Gasteiger charge is -2.22. The minimum atomic E-state index is -1.49. The molecule has 1 rings (SSSR count). The molecule has 5 heteroatoms. The van der Waals surface area contributed by atoms with Gasteiger partial charge in [0.15, 0.2) is 0 Å². The van der Waals surface area contributed by atoms with Crippen LogP contribution in [0.15, 0.2) is 24.3 Å². The molecule has 0 saturated carbocycles. The summed E-state index contributed by atoms with van der Waals surface area (Å²) >= 11 is 0. The Morgan fingerprint density at radius 2 is 1.87 bits per heavy atom. The molecule has 82 valence electrons. The molecule has 1 aromatic rings. The van der Waals surface area contributed by atoms with E-state index in [0.29, 0.717) is 5.56 Å². The van der Waals surface area contributed by atoms with Crippen molar-refractivity contribution in [3.05, 3.63) is 45.8 Å². The lowest BCUT2D eigenvalue weighted by molar-refractivity contribution is -0.575. The molecule has 0 aliphatic carbocycles. The fourth-order valence-electron chi connectivity index (χ4n) is 1.15. The third-order valence-corrected chi connectivity index (χ3v) is 2.33. The summed E-state index contributed by atoms with van der Waals surface area (Å²) in [6, 6.07) is 5.00. The highest BCUT2D eigenvalue weighted by Gasteiger charge is 2.40. The van der Waals surface area contributed by atoms with Gasteiger partial charge in [-0.2, -0.15) is 0 Å². The second-order valence-electron chi connectivity index (χ2n) is 3.86. The number of benzene rings is 1. The lowest BCUT2D eigenvalue weighted by Crippen LogP contribution is -2.38. The van der Waals surface area contributed by atoms with Gasteiger partial charge in [-0.1, -0.05) is 12.1 Å². The lowest BCUT2D eigenvalue weighted by atomic mass is 9.92. The van der Waals surface area contributed by atoms with Gasteiger partial charge in [0.25, 0.3) is 0 Å². The van der Waals surface area contributed by atoms with Crippen LogP contribution in [-0.4, -0.2) is 15.6 Å². The Kier molecular flexibility index (Phi) is 3.04. The van der Waals surface area contributed by atoms with Crippen LogP contribution in [0.5, 0.6) is 0 Å². The van der Waals surface area contributed by atoms with Crippen molar-refractivity contribution in [2.45, 2.75) is 25.5 Å². The van der Waals surface area contributed by atoms with Crippen LogP contribution < -0.4 is 0 Å². The number of aliphatic hydroxyl groups is 1. The van der Waals surface area contributed by atoms with Crippen molar-refractivity contribution in [3.8, 4) is 0 Å². The molecular formula is C10H12FNO3. The molecule has 0 saturated heterocycles. The number of aliphatic hydroxyl groups excluding tert-OH is 1. The van der Waals surface area contributed by atoms with E-state index in [1.807, 2.05) is 0 Å². The fourth-order valence-corrected chi connectivity index (χ4v) is 1.15. The first-order valence-corrected chi connectivity index (χ1v) is 4.43. The zero-order valence-corrected chi connectivity index (χ0v) is 8.48. The molecule has 15 heavy (non-hydrogen) atoms. The monoisotopic (exact) mass is 213 g/mol. The predicted octanol–water partition coefficient (Wildman–Crippen LogP) is 1.91. The Morgan fingerprint density at radius 1 is 1.40 bits per heavy atom. The first-order chi connectivity index (χ1) is 6.85. The first-order valence-electron chi connectivity index (χ1n) is 4.43. The number of rotatable bonds is 3. The number of nitro groups is 1. The SMILES string of the molecule is CC(C)(C(O)c1ccc(F)cc1)[N+](=O)[O-]. The Labute approximate surface area is 86.5 Å². The van der Waals surface area contributed by atoms with Crippen molar-refractivity contribution in [2.75, 3.05) is 0 Å². The molecule has 1 N–H and O–H groups in total. The average molecular weight is 213 g/mol. The Morgan fingerprint density at radius 3 is 2.27 bits per heavy atom. The standard InChI is InChI=1S/C10H12FNO3/c1-10(2,12(14)15)9(13)7-3-5-8(11)6-4-7/h3-6,9,13H,1-2H3. The maximum Gasteiger partial charge on any atom is 0.246 e. The van der Waals surface area contributed by atoms with Crippen molar-refractivity contribution >= 4 is 0 Å². The van der Waals surface area contributed by atoms with E-state index in [-0.39, 0.29) is 0 Å². The van der Waals surface area contributed by atoms with Gasteiger partial charge in [-0.15, -0.1) is 0 Å². The highest BCUT2D eigenvalue weighted by Crippen LogP contribution is 2.27. The molecule has 0 aromatic heterocycles. The highest BCUT2D eigenvalue weighted by atomic mass is 19.1. The molecule has 0 heterocycles. The van der Waals surface area contributed by atoms with E-state index in [1.54, 1.807) is 0 Å². The van der Waals surface area contributed by atoms with Crippen LogP contribution in [0.25, 0.3) is 0 Å². The van der Waals surface area contributed by atoms with E-state index in [9.17, 15) is 19.6 Å². The zero-order valence-electron chi connectivity index (χ0n) is 8.48. The predicted molar refractivity (Wildman–Crippen MR) is 52.4 cm³/mol. The van der Waals surface area contributed by atoms with Gasteiger partial charge < -0.3 is 5.11 Å². The first kappa shape index (κ1) is 11.6. The van der Waals surface area contributed by atoms with Gasteiger partial charge >= 0.3 is 0 Å². The summed E-state index contributed by atoms with van der Waals surface area (Å²) in [6.45, 7) is 2.64. The van der Waals surface area contributed by atoms with Crippen LogP contribution in [0.4, 0.5) is 4.39 Å².